The lowest BCUT2D eigenvalue weighted by Gasteiger charge is -2.12. The fourth-order valence-electron chi connectivity index (χ4n) is 1.54. The van der Waals surface area contributed by atoms with Crippen LogP contribution in [0.15, 0.2) is 24.3 Å². The first-order chi connectivity index (χ1) is 6.76. The molecule has 0 bridgehead atoms. The number of hydrogen-bond donors (Lipinski definition) is 1. The SMILES string of the molecule is CCNC(C)Cc1ccc(OC)cc1. The predicted molar refractivity (Wildman–Crippen MR) is 59.8 cm³/mol. The maximum atomic E-state index is 5.11. The molecule has 0 aliphatic carbocycles. The minimum Gasteiger partial charge on any atom is -0.497 e. The van der Waals surface area contributed by atoms with Crippen molar-refractivity contribution in [3.8, 4) is 5.75 Å². The second-order valence-corrected chi connectivity index (χ2v) is 3.51. The van der Waals surface area contributed by atoms with Crippen LogP contribution in [-0.4, -0.2) is 19.7 Å². The van der Waals surface area contributed by atoms with Crippen LogP contribution in [0.4, 0.5) is 0 Å². The van der Waals surface area contributed by atoms with Crippen LogP contribution in [0.1, 0.15) is 19.4 Å². The van der Waals surface area contributed by atoms with E-state index in [1.807, 2.05) is 12.1 Å². The summed E-state index contributed by atoms with van der Waals surface area (Å²) in [5.41, 5.74) is 1.35. The molecular formula is C12H19NO. The molecule has 0 saturated heterocycles. The number of benzene rings is 1. The maximum absolute atomic E-state index is 5.11. The molecule has 2 nitrogen and oxygen atoms in total. The zero-order valence-corrected chi connectivity index (χ0v) is 9.21. The zero-order valence-electron chi connectivity index (χ0n) is 9.21. The minimum absolute atomic E-state index is 0.536. The van der Waals surface area contributed by atoms with E-state index < -0.39 is 0 Å². The molecule has 0 radical (unpaired) electrons. The Morgan fingerprint density at radius 1 is 1.29 bits per heavy atom. The summed E-state index contributed by atoms with van der Waals surface area (Å²) < 4.78 is 5.11. The standard InChI is InChI=1S/C12H19NO/c1-4-13-10(2)9-11-5-7-12(14-3)8-6-11/h5-8,10,13H,4,9H2,1-3H3. The highest BCUT2D eigenvalue weighted by molar-refractivity contribution is 5.27. The normalized spacial score (nSPS) is 12.5. The van der Waals surface area contributed by atoms with Crippen molar-refractivity contribution in [2.75, 3.05) is 13.7 Å². The minimum atomic E-state index is 0.536. The highest BCUT2D eigenvalue weighted by atomic mass is 16.5. The van der Waals surface area contributed by atoms with E-state index >= 15 is 0 Å². The Morgan fingerprint density at radius 2 is 1.93 bits per heavy atom. The monoisotopic (exact) mass is 193 g/mol. The number of ether oxygens (including phenoxy) is 1. The predicted octanol–water partition coefficient (Wildman–Crippen LogP) is 2.24. The summed E-state index contributed by atoms with van der Waals surface area (Å²) in [5, 5.41) is 3.39. The van der Waals surface area contributed by atoms with Crippen molar-refractivity contribution in [1.82, 2.24) is 5.32 Å². The molecular weight excluding hydrogens is 174 g/mol. The lowest BCUT2D eigenvalue weighted by atomic mass is 10.1. The Balaban J connectivity index is 2.50. The van der Waals surface area contributed by atoms with Crippen LogP contribution in [0.2, 0.25) is 0 Å². The number of methoxy groups -OCH3 is 1. The molecule has 0 aliphatic heterocycles. The molecule has 1 rings (SSSR count). The second-order valence-electron chi connectivity index (χ2n) is 3.51. The van der Waals surface area contributed by atoms with Gasteiger partial charge in [-0.1, -0.05) is 19.1 Å². The van der Waals surface area contributed by atoms with Crippen LogP contribution < -0.4 is 10.1 Å². The van der Waals surface area contributed by atoms with Gasteiger partial charge in [-0.25, -0.2) is 0 Å². The highest BCUT2D eigenvalue weighted by Crippen LogP contribution is 2.12. The van der Waals surface area contributed by atoms with Gasteiger partial charge in [-0.15, -0.1) is 0 Å². The molecule has 0 amide bonds. The summed E-state index contributed by atoms with van der Waals surface area (Å²) in [5.74, 6) is 0.921. The molecule has 14 heavy (non-hydrogen) atoms. The van der Waals surface area contributed by atoms with Crippen molar-refractivity contribution >= 4 is 0 Å². The molecule has 1 unspecified atom stereocenters. The Morgan fingerprint density at radius 3 is 2.43 bits per heavy atom. The molecule has 0 spiro atoms. The summed E-state index contributed by atoms with van der Waals surface area (Å²) in [4.78, 5) is 0. The van der Waals surface area contributed by atoms with Gasteiger partial charge < -0.3 is 10.1 Å². The van der Waals surface area contributed by atoms with Gasteiger partial charge in [-0.3, -0.25) is 0 Å². The highest BCUT2D eigenvalue weighted by Gasteiger charge is 2.01. The quantitative estimate of drug-likeness (QED) is 0.774. The van der Waals surface area contributed by atoms with Crippen LogP contribution in [0.3, 0.4) is 0 Å². The van der Waals surface area contributed by atoms with Crippen molar-refractivity contribution in [3.63, 3.8) is 0 Å². The van der Waals surface area contributed by atoms with E-state index in [2.05, 4.69) is 31.3 Å². The van der Waals surface area contributed by atoms with Crippen molar-refractivity contribution < 1.29 is 4.74 Å². The Hall–Kier alpha value is -1.02. The molecule has 0 saturated carbocycles. The first kappa shape index (κ1) is 11.1. The van der Waals surface area contributed by atoms with Gasteiger partial charge >= 0.3 is 0 Å². The average molecular weight is 193 g/mol. The molecule has 1 N–H and O–H groups in total. The number of hydrogen-bond acceptors (Lipinski definition) is 2. The molecule has 0 heterocycles. The van der Waals surface area contributed by atoms with Crippen molar-refractivity contribution in [1.29, 1.82) is 0 Å². The summed E-state index contributed by atoms with van der Waals surface area (Å²) in [7, 11) is 1.69. The molecule has 0 aromatic heterocycles. The first-order valence-corrected chi connectivity index (χ1v) is 5.12. The van der Waals surface area contributed by atoms with Crippen LogP contribution in [0.25, 0.3) is 0 Å². The molecule has 1 aromatic carbocycles. The number of likely N-dealkylation sites (N-methyl/N-ethyl adjacent to an activating group) is 1. The summed E-state index contributed by atoms with van der Waals surface area (Å²) in [6, 6.07) is 8.79. The molecule has 1 aromatic rings. The lowest BCUT2D eigenvalue weighted by molar-refractivity contribution is 0.414. The van der Waals surface area contributed by atoms with Crippen LogP contribution in [0.5, 0.6) is 5.75 Å². The van der Waals surface area contributed by atoms with E-state index in [0.29, 0.717) is 6.04 Å². The molecule has 2 heteroatoms. The molecule has 0 fully saturated rings. The van der Waals surface area contributed by atoms with E-state index in [4.69, 9.17) is 4.74 Å². The van der Waals surface area contributed by atoms with E-state index in [1.54, 1.807) is 7.11 Å². The van der Waals surface area contributed by atoms with Gasteiger partial charge in [0.2, 0.25) is 0 Å². The van der Waals surface area contributed by atoms with Crippen LogP contribution in [0, 0.1) is 0 Å². The van der Waals surface area contributed by atoms with Gasteiger partial charge in [-0.2, -0.15) is 0 Å². The van der Waals surface area contributed by atoms with Gasteiger partial charge in [0.05, 0.1) is 7.11 Å². The Labute approximate surface area is 86.3 Å². The van der Waals surface area contributed by atoms with Crippen molar-refractivity contribution in [3.05, 3.63) is 29.8 Å². The van der Waals surface area contributed by atoms with Gasteiger partial charge in [0.1, 0.15) is 5.75 Å². The largest absolute Gasteiger partial charge is 0.497 e. The van der Waals surface area contributed by atoms with E-state index in [9.17, 15) is 0 Å². The summed E-state index contributed by atoms with van der Waals surface area (Å²) >= 11 is 0. The third-order valence-corrected chi connectivity index (χ3v) is 2.25. The molecule has 1 atom stereocenters. The Kier molecular flexibility index (Phi) is 4.47. The number of nitrogens with one attached hydrogen (secondary N) is 1. The Bertz CT molecular complexity index is 256. The summed E-state index contributed by atoms with van der Waals surface area (Å²) in [6.07, 6.45) is 1.07. The third kappa shape index (κ3) is 3.38. The van der Waals surface area contributed by atoms with Gasteiger partial charge in [0.15, 0.2) is 0 Å². The van der Waals surface area contributed by atoms with E-state index in [1.165, 1.54) is 5.56 Å². The number of rotatable bonds is 5. The smallest absolute Gasteiger partial charge is 0.118 e. The van der Waals surface area contributed by atoms with Gasteiger partial charge in [0.25, 0.3) is 0 Å². The van der Waals surface area contributed by atoms with E-state index in [-0.39, 0.29) is 0 Å². The van der Waals surface area contributed by atoms with Gasteiger partial charge in [-0.05, 0) is 37.6 Å². The van der Waals surface area contributed by atoms with Crippen LogP contribution >= 0.6 is 0 Å². The fraction of sp³-hybridized carbons (Fsp3) is 0.500. The van der Waals surface area contributed by atoms with Crippen molar-refractivity contribution in [2.24, 2.45) is 0 Å². The molecule has 78 valence electrons. The topological polar surface area (TPSA) is 21.3 Å². The lowest BCUT2D eigenvalue weighted by Crippen LogP contribution is -2.27. The first-order valence-electron chi connectivity index (χ1n) is 5.12. The molecule has 0 aliphatic rings. The van der Waals surface area contributed by atoms with Crippen molar-refractivity contribution in [2.45, 2.75) is 26.3 Å². The summed E-state index contributed by atoms with van der Waals surface area (Å²) in [6.45, 7) is 5.36. The third-order valence-electron chi connectivity index (χ3n) is 2.25. The van der Waals surface area contributed by atoms with Gasteiger partial charge in [0, 0.05) is 6.04 Å². The zero-order chi connectivity index (χ0) is 10.4. The average Bonchev–Trinajstić information content (AvgIpc) is 2.19. The fourth-order valence-corrected chi connectivity index (χ4v) is 1.54. The van der Waals surface area contributed by atoms with Crippen LogP contribution in [-0.2, 0) is 6.42 Å². The van der Waals surface area contributed by atoms with E-state index in [0.717, 1.165) is 18.7 Å². The maximum Gasteiger partial charge on any atom is 0.118 e. The second kappa shape index (κ2) is 5.66.